The van der Waals surface area contributed by atoms with Crippen LogP contribution in [0.15, 0.2) is 42.5 Å². The van der Waals surface area contributed by atoms with Gasteiger partial charge >= 0.3 is 0 Å². The quantitative estimate of drug-likeness (QED) is 0.801. The number of benzene rings is 2. The monoisotopic (exact) mass is 328 g/mol. The summed E-state index contributed by atoms with van der Waals surface area (Å²) in [5.74, 6) is 0.405. The zero-order chi connectivity index (χ0) is 17.6. The summed E-state index contributed by atoms with van der Waals surface area (Å²) in [6.07, 6.45) is 0. The van der Waals surface area contributed by atoms with Gasteiger partial charge in [0.2, 0.25) is 5.91 Å². The maximum atomic E-state index is 11.8. The molecule has 0 saturated carbocycles. The van der Waals surface area contributed by atoms with E-state index in [-0.39, 0.29) is 18.4 Å². The lowest BCUT2D eigenvalue weighted by molar-refractivity contribution is -0.128. The minimum Gasteiger partial charge on any atom is -0.484 e. The minimum atomic E-state index is -0.427. The molecule has 2 aromatic carbocycles. The zero-order valence-electron chi connectivity index (χ0n) is 14.4. The van der Waals surface area contributed by atoms with E-state index in [0.29, 0.717) is 18.8 Å². The van der Waals surface area contributed by atoms with E-state index in [4.69, 9.17) is 4.74 Å². The van der Waals surface area contributed by atoms with E-state index >= 15 is 0 Å². The zero-order valence-corrected chi connectivity index (χ0v) is 14.4. The third-order valence-corrected chi connectivity index (χ3v) is 3.50. The van der Waals surface area contributed by atoms with Crippen LogP contribution in [-0.2, 0) is 9.59 Å². The molecule has 0 fully saturated rings. The fraction of sp³-hybridized carbons (Fsp3) is 0.368. The van der Waals surface area contributed by atoms with E-state index in [2.05, 4.69) is 10.6 Å². The van der Waals surface area contributed by atoms with Crippen molar-refractivity contribution in [1.82, 2.24) is 10.6 Å². The largest absolute Gasteiger partial charge is 0.484 e. The van der Waals surface area contributed by atoms with Gasteiger partial charge < -0.3 is 15.4 Å². The van der Waals surface area contributed by atoms with Crippen molar-refractivity contribution in [1.29, 1.82) is 0 Å². The highest BCUT2D eigenvalue weighted by Gasteiger charge is 2.20. The van der Waals surface area contributed by atoms with Crippen LogP contribution in [0.1, 0.15) is 20.8 Å². The first-order valence-electron chi connectivity index (χ1n) is 8.03. The third-order valence-electron chi connectivity index (χ3n) is 3.50. The summed E-state index contributed by atoms with van der Waals surface area (Å²) in [5, 5.41) is 7.69. The smallest absolute Gasteiger partial charge is 0.258 e. The summed E-state index contributed by atoms with van der Waals surface area (Å²) in [5.41, 5.74) is -0.427. The topological polar surface area (TPSA) is 67.4 Å². The molecule has 2 aromatic rings. The molecule has 2 amide bonds. The van der Waals surface area contributed by atoms with Crippen molar-refractivity contribution in [3.63, 3.8) is 0 Å². The summed E-state index contributed by atoms with van der Waals surface area (Å²) in [6, 6.07) is 13.7. The lowest BCUT2D eigenvalue weighted by Crippen LogP contribution is -2.40. The molecule has 0 bridgehead atoms. The van der Waals surface area contributed by atoms with Crippen molar-refractivity contribution in [3.05, 3.63) is 42.5 Å². The Morgan fingerprint density at radius 1 is 0.958 bits per heavy atom. The average Bonchev–Trinajstić information content (AvgIpc) is 2.55. The van der Waals surface area contributed by atoms with E-state index in [1.54, 1.807) is 0 Å². The predicted octanol–water partition coefficient (Wildman–Crippen LogP) is 2.50. The molecule has 0 atom stereocenters. The molecule has 24 heavy (non-hydrogen) atoms. The van der Waals surface area contributed by atoms with Crippen LogP contribution >= 0.6 is 0 Å². The number of rotatable bonds is 6. The standard InChI is InChI=1S/C19H24N2O3/c1-19(2,3)18(23)21-11-10-20-17(22)13-24-16-9-8-14-6-4-5-7-15(14)12-16/h4-9,12H,10-11,13H2,1-3H3,(H,20,22)(H,21,23). The van der Waals surface area contributed by atoms with E-state index < -0.39 is 5.41 Å². The van der Waals surface area contributed by atoms with Gasteiger partial charge in [-0.05, 0) is 22.9 Å². The minimum absolute atomic E-state index is 0.0378. The van der Waals surface area contributed by atoms with Crippen LogP contribution in [0, 0.1) is 5.41 Å². The molecule has 0 aliphatic carbocycles. The van der Waals surface area contributed by atoms with Gasteiger partial charge in [-0.15, -0.1) is 0 Å². The van der Waals surface area contributed by atoms with Crippen LogP contribution in [0.4, 0.5) is 0 Å². The van der Waals surface area contributed by atoms with Crippen molar-refractivity contribution in [3.8, 4) is 5.75 Å². The van der Waals surface area contributed by atoms with Gasteiger partial charge in [0.05, 0.1) is 0 Å². The molecule has 5 heteroatoms. The van der Waals surface area contributed by atoms with Crippen LogP contribution < -0.4 is 15.4 Å². The number of hydrogen-bond donors (Lipinski definition) is 2. The third kappa shape index (κ3) is 5.26. The number of carbonyl (C=O) groups is 2. The van der Waals surface area contributed by atoms with E-state index in [9.17, 15) is 9.59 Å². The van der Waals surface area contributed by atoms with Gasteiger partial charge in [0, 0.05) is 18.5 Å². The summed E-state index contributed by atoms with van der Waals surface area (Å²) < 4.78 is 5.51. The van der Waals surface area contributed by atoms with Crippen molar-refractivity contribution in [2.24, 2.45) is 5.41 Å². The number of fused-ring (bicyclic) bond motifs is 1. The van der Waals surface area contributed by atoms with Crippen LogP contribution in [-0.4, -0.2) is 31.5 Å². The number of amides is 2. The Labute approximate surface area is 142 Å². The molecular weight excluding hydrogens is 304 g/mol. The second-order valence-corrected chi connectivity index (χ2v) is 6.65. The molecule has 0 spiro atoms. The van der Waals surface area contributed by atoms with Gasteiger partial charge in [-0.2, -0.15) is 0 Å². The van der Waals surface area contributed by atoms with E-state index in [1.165, 1.54) is 0 Å². The highest BCUT2D eigenvalue weighted by Crippen LogP contribution is 2.20. The normalized spacial score (nSPS) is 11.1. The fourth-order valence-electron chi connectivity index (χ4n) is 2.10. The molecule has 0 aliphatic heterocycles. The molecule has 0 heterocycles. The highest BCUT2D eigenvalue weighted by molar-refractivity contribution is 5.84. The summed E-state index contributed by atoms with van der Waals surface area (Å²) in [4.78, 5) is 23.5. The van der Waals surface area contributed by atoms with Crippen molar-refractivity contribution < 1.29 is 14.3 Å². The van der Waals surface area contributed by atoms with Crippen molar-refractivity contribution in [2.45, 2.75) is 20.8 Å². The molecule has 2 rings (SSSR count). The van der Waals surface area contributed by atoms with Crippen LogP contribution in [0.3, 0.4) is 0 Å². The summed E-state index contributed by atoms with van der Waals surface area (Å²) in [7, 11) is 0. The van der Waals surface area contributed by atoms with Crippen LogP contribution in [0.5, 0.6) is 5.75 Å². The van der Waals surface area contributed by atoms with Crippen LogP contribution in [0.25, 0.3) is 10.8 Å². The van der Waals surface area contributed by atoms with Gasteiger partial charge in [-0.3, -0.25) is 9.59 Å². The van der Waals surface area contributed by atoms with Gasteiger partial charge in [0.1, 0.15) is 5.75 Å². The molecule has 0 radical (unpaired) electrons. The Kier molecular flexibility index (Phi) is 5.79. The average molecular weight is 328 g/mol. The Balaban J connectivity index is 1.71. The predicted molar refractivity (Wildman–Crippen MR) is 94.9 cm³/mol. The fourth-order valence-corrected chi connectivity index (χ4v) is 2.10. The molecule has 0 unspecified atom stereocenters. The van der Waals surface area contributed by atoms with Gasteiger partial charge in [-0.1, -0.05) is 51.1 Å². The molecule has 128 valence electrons. The lowest BCUT2D eigenvalue weighted by atomic mass is 9.96. The second kappa shape index (κ2) is 7.81. The molecule has 2 N–H and O–H groups in total. The molecule has 0 saturated heterocycles. The SMILES string of the molecule is CC(C)(C)C(=O)NCCNC(=O)COc1ccc2ccccc2c1. The van der Waals surface area contributed by atoms with Crippen molar-refractivity contribution in [2.75, 3.05) is 19.7 Å². The second-order valence-electron chi connectivity index (χ2n) is 6.65. The maximum Gasteiger partial charge on any atom is 0.258 e. The lowest BCUT2D eigenvalue weighted by Gasteiger charge is -2.17. The Morgan fingerprint density at radius 2 is 1.62 bits per heavy atom. The van der Waals surface area contributed by atoms with Crippen LogP contribution in [0.2, 0.25) is 0 Å². The molecule has 0 aliphatic rings. The molecular formula is C19H24N2O3. The van der Waals surface area contributed by atoms with E-state index in [0.717, 1.165) is 10.8 Å². The van der Waals surface area contributed by atoms with Gasteiger partial charge in [0.25, 0.3) is 5.91 Å². The Morgan fingerprint density at radius 3 is 2.33 bits per heavy atom. The number of carbonyl (C=O) groups excluding carboxylic acids is 2. The first-order chi connectivity index (χ1) is 11.4. The van der Waals surface area contributed by atoms with Crippen molar-refractivity contribution >= 4 is 22.6 Å². The Bertz CT molecular complexity index is 720. The molecule has 0 aromatic heterocycles. The number of nitrogens with one attached hydrogen (secondary N) is 2. The number of hydrogen-bond acceptors (Lipinski definition) is 3. The first kappa shape index (κ1) is 17.8. The van der Waals surface area contributed by atoms with E-state index in [1.807, 2.05) is 63.2 Å². The summed E-state index contributed by atoms with van der Waals surface area (Å²) >= 11 is 0. The Hall–Kier alpha value is -2.56. The first-order valence-corrected chi connectivity index (χ1v) is 8.03. The van der Waals surface area contributed by atoms with Gasteiger partial charge in [-0.25, -0.2) is 0 Å². The maximum absolute atomic E-state index is 11.8. The summed E-state index contributed by atoms with van der Waals surface area (Å²) in [6.45, 7) is 6.26. The van der Waals surface area contributed by atoms with Gasteiger partial charge in [0.15, 0.2) is 6.61 Å². The highest BCUT2D eigenvalue weighted by atomic mass is 16.5. The molecule has 5 nitrogen and oxygen atoms in total. The number of ether oxygens (including phenoxy) is 1.